The molecule has 0 saturated heterocycles. The van der Waals surface area contributed by atoms with Crippen molar-refractivity contribution in [2.45, 2.75) is 51.6 Å². The normalized spacial score (nSPS) is 26.4. The number of halogens is 1. The Morgan fingerprint density at radius 3 is 2.81 bits per heavy atom. The molecule has 120 valence electrons. The van der Waals surface area contributed by atoms with Crippen molar-refractivity contribution in [2.24, 2.45) is 11.8 Å². The number of nitrogens with one attached hydrogen (secondary N) is 1. The second-order valence-corrected chi connectivity index (χ2v) is 8.33. The van der Waals surface area contributed by atoms with Crippen LogP contribution in [0.1, 0.15) is 43.9 Å². The average molecular weight is 329 g/mol. The van der Waals surface area contributed by atoms with E-state index in [2.05, 4.69) is 37.3 Å². The van der Waals surface area contributed by atoms with Gasteiger partial charge < -0.3 is 10.2 Å². The largest absolute Gasteiger partial charge is 0.317 e. The van der Waals surface area contributed by atoms with Gasteiger partial charge in [-0.2, -0.15) is 0 Å². The molecule has 0 radical (unpaired) electrons. The van der Waals surface area contributed by atoms with Gasteiger partial charge in [-0.25, -0.2) is 0 Å². The summed E-state index contributed by atoms with van der Waals surface area (Å²) in [6.07, 6.45) is 6.85. The molecule has 2 rings (SSSR count). The molecule has 3 atom stereocenters. The summed E-state index contributed by atoms with van der Waals surface area (Å²) in [5.41, 5.74) is 0. The van der Waals surface area contributed by atoms with Crippen molar-refractivity contribution in [2.75, 3.05) is 20.6 Å². The van der Waals surface area contributed by atoms with Gasteiger partial charge in [0, 0.05) is 24.0 Å². The molecule has 1 saturated carbocycles. The van der Waals surface area contributed by atoms with Crippen molar-refractivity contribution in [1.82, 2.24) is 10.2 Å². The van der Waals surface area contributed by atoms with Crippen LogP contribution in [0.3, 0.4) is 0 Å². The molecule has 1 N–H and O–H groups in total. The molecular formula is C17H29ClN2S. The molecular weight excluding hydrogens is 300 g/mol. The van der Waals surface area contributed by atoms with E-state index in [0.29, 0.717) is 6.04 Å². The molecule has 1 aromatic rings. The Hall–Kier alpha value is -0.0900. The van der Waals surface area contributed by atoms with Gasteiger partial charge in [-0.1, -0.05) is 31.4 Å². The molecule has 0 spiro atoms. The molecule has 1 aliphatic carbocycles. The SMILES string of the molecule is CCCC1CCC(NC)C(CN(C)Cc2ccc(Cl)s2)C1. The standard InChI is InChI=1S/C17H29ClN2S/c1-4-5-13-6-8-16(19-2)14(10-13)11-20(3)12-15-7-9-17(18)21-15/h7,9,13-14,16,19H,4-6,8,10-12H2,1-3H3. The van der Waals surface area contributed by atoms with E-state index in [-0.39, 0.29) is 0 Å². The lowest BCUT2D eigenvalue weighted by molar-refractivity contribution is 0.151. The number of thiophene rings is 1. The highest BCUT2D eigenvalue weighted by Gasteiger charge is 2.29. The van der Waals surface area contributed by atoms with Gasteiger partial charge >= 0.3 is 0 Å². The van der Waals surface area contributed by atoms with Gasteiger partial charge in [-0.05, 0) is 57.3 Å². The summed E-state index contributed by atoms with van der Waals surface area (Å²) in [6, 6.07) is 4.84. The van der Waals surface area contributed by atoms with Crippen molar-refractivity contribution in [1.29, 1.82) is 0 Å². The van der Waals surface area contributed by atoms with Gasteiger partial charge in [0.2, 0.25) is 0 Å². The quantitative estimate of drug-likeness (QED) is 0.784. The lowest BCUT2D eigenvalue weighted by Gasteiger charge is -2.38. The van der Waals surface area contributed by atoms with Crippen LogP contribution in [-0.4, -0.2) is 31.6 Å². The van der Waals surface area contributed by atoms with Gasteiger partial charge in [-0.3, -0.25) is 0 Å². The van der Waals surface area contributed by atoms with E-state index >= 15 is 0 Å². The van der Waals surface area contributed by atoms with Crippen LogP contribution in [0.25, 0.3) is 0 Å². The van der Waals surface area contributed by atoms with Crippen molar-refractivity contribution in [3.63, 3.8) is 0 Å². The Bertz CT molecular complexity index is 421. The lowest BCUT2D eigenvalue weighted by Crippen LogP contribution is -2.43. The van der Waals surface area contributed by atoms with Crippen molar-refractivity contribution in [3.05, 3.63) is 21.3 Å². The zero-order chi connectivity index (χ0) is 15.2. The van der Waals surface area contributed by atoms with Crippen LogP contribution < -0.4 is 5.32 Å². The van der Waals surface area contributed by atoms with Gasteiger partial charge in [0.25, 0.3) is 0 Å². The van der Waals surface area contributed by atoms with E-state index < -0.39 is 0 Å². The van der Waals surface area contributed by atoms with E-state index in [1.54, 1.807) is 11.3 Å². The highest BCUT2D eigenvalue weighted by molar-refractivity contribution is 7.16. The summed E-state index contributed by atoms with van der Waals surface area (Å²) in [5.74, 6) is 1.72. The van der Waals surface area contributed by atoms with Gasteiger partial charge in [0.1, 0.15) is 0 Å². The fourth-order valence-electron chi connectivity index (χ4n) is 3.78. The molecule has 21 heavy (non-hydrogen) atoms. The summed E-state index contributed by atoms with van der Waals surface area (Å²) in [7, 11) is 4.36. The molecule has 4 heteroatoms. The first kappa shape index (κ1) is 17.3. The van der Waals surface area contributed by atoms with Crippen molar-refractivity contribution in [3.8, 4) is 0 Å². The monoisotopic (exact) mass is 328 g/mol. The summed E-state index contributed by atoms with van der Waals surface area (Å²) < 4.78 is 0.896. The van der Waals surface area contributed by atoms with Gasteiger partial charge in [0.15, 0.2) is 0 Å². The Morgan fingerprint density at radius 2 is 2.19 bits per heavy atom. The number of rotatable bonds is 7. The number of nitrogens with zero attached hydrogens (tertiary/aromatic N) is 1. The summed E-state index contributed by atoms with van der Waals surface area (Å²) in [4.78, 5) is 3.83. The summed E-state index contributed by atoms with van der Waals surface area (Å²) in [5, 5.41) is 3.54. The molecule has 1 aliphatic rings. The first-order valence-corrected chi connectivity index (χ1v) is 9.41. The van der Waals surface area contributed by atoms with E-state index in [9.17, 15) is 0 Å². The Balaban J connectivity index is 1.88. The molecule has 1 fully saturated rings. The Kier molecular flexibility index (Phi) is 7.00. The van der Waals surface area contributed by atoms with Crippen molar-refractivity contribution < 1.29 is 0 Å². The molecule has 0 aliphatic heterocycles. The third-order valence-electron chi connectivity index (χ3n) is 4.76. The Morgan fingerprint density at radius 1 is 1.38 bits per heavy atom. The molecule has 0 bridgehead atoms. The minimum Gasteiger partial charge on any atom is -0.317 e. The first-order valence-electron chi connectivity index (χ1n) is 8.22. The van der Waals surface area contributed by atoms with E-state index in [0.717, 1.165) is 22.7 Å². The van der Waals surface area contributed by atoms with Gasteiger partial charge in [-0.15, -0.1) is 11.3 Å². The molecule has 1 aromatic heterocycles. The maximum atomic E-state index is 6.03. The average Bonchev–Trinajstić information content (AvgIpc) is 2.84. The maximum Gasteiger partial charge on any atom is 0.0931 e. The zero-order valence-electron chi connectivity index (χ0n) is 13.6. The number of hydrogen-bond donors (Lipinski definition) is 1. The highest BCUT2D eigenvalue weighted by Crippen LogP contribution is 2.33. The van der Waals surface area contributed by atoms with Crippen LogP contribution in [0.2, 0.25) is 4.34 Å². The second kappa shape index (κ2) is 8.52. The van der Waals surface area contributed by atoms with Crippen LogP contribution in [0.4, 0.5) is 0 Å². The van der Waals surface area contributed by atoms with E-state index in [4.69, 9.17) is 11.6 Å². The second-order valence-electron chi connectivity index (χ2n) is 6.53. The minimum absolute atomic E-state index is 0.687. The van der Waals surface area contributed by atoms with Crippen LogP contribution in [0, 0.1) is 11.8 Å². The van der Waals surface area contributed by atoms with Crippen LogP contribution in [0.15, 0.2) is 12.1 Å². The third kappa shape index (κ3) is 5.24. The summed E-state index contributed by atoms with van der Waals surface area (Å²) in [6.45, 7) is 4.51. The third-order valence-corrected chi connectivity index (χ3v) is 5.98. The molecule has 0 amide bonds. The molecule has 3 unspecified atom stereocenters. The smallest absolute Gasteiger partial charge is 0.0931 e. The fourth-order valence-corrected chi connectivity index (χ4v) is 4.95. The predicted molar refractivity (Wildman–Crippen MR) is 94.2 cm³/mol. The highest BCUT2D eigenvalue weighted by atomic mass is 35.5. The Labute approximate surface area is 138 Å². The van der Waals surface area contributed by atoms with E-state index in [1.165, 1.54) is 43.5 Å². The zero-order valence-corrected chi connectivity index (χ0v) is 15.1. The lowest BCUT2D eigenvalue weighted by atomic mass is 9.76. The van der Waals surface area contributed by atoms with E-state index in [1.807, 2.05) is 6.07 Å². The minimum atomic E-state index is 0.687. The number of hydrogen-bond acceptors (Lipinski definition) is 3. The van der Waals surface area contributed by atoms with Crippen molar-refractivity contribution >= 4 is 22.9 Å². The van der Waals surface area contributed by atoms with Crippen LogP contribution in [-0.2, 0) is 6.54 Å². The predicted octanol–water partition coefficient (Wildman–Crippen LogP) is 4.64. The molecule has 1 heterocycles. The molecule has 2 nitrogen and oxygen atoms in total. The maximum absolute atomic E-state index is 6.03. The fraction of sp³-hybridized carbons (Fsp3) is 0.765. The topological polar surface area (TPSA) is 15.3 Å². The van der Waals surface area contributed by atoms with Crippen LogP contribution >= 0.6 is 22.9 Å². The van der Waals surface area contributed by atoms with Crippen LogP contribution in [0.5, 0.6) is 0 Å². The summed E-state index contributed by atoms with van der Waals surface area (Å²) >= 11 is 7.73. The first-order chi connectivity index (χ1) is 10.1. The molecule has 0 aromatic carbocycles. The van der Waals surface area contributed by atoms with Gasteiger partial charge in [0.05, 0.1) is 4.34 Å².